The van der Waals surface area contributed by atoms with Crippen molar-refractivity contribution >= 4 is 18.3 Å². The fraction of sp³-hybridized carbons (Fsp3) is 0.917. The molecule has 1 atom stereocenters. The van der Waals surface area contributed by atoms with Crippen LogP contribution in [-0.2, 0) is 9.53 Å². The van der Waals surface area contributed by atoms with Gasteiger partial charge in [-0.1, -0.05) is 27.2 Å². The summed E-state index contributed by atoms with van der Waals surface area (Å²) in [5, 5.41) is 2.81. The molecule has 0 aliphatic rings. The van der Waals surface area contributed by atoms with Gasteiger partial charge in [0.25, 0.3) is 0 Å². The molecule has 0 fully saturated rings. The summed E-state index contributed by atoms with van der Waals surface area (Å²) in [5.74, 6) is 0.512. The van der Waals surface area contributed by atoms with Gasteiger partial charge in [0, 0.05) is 19.8 Å². The Morgan fingerprint density at radius 1 is 1.41 bits per heavy atom. The van der Waals surface area contributed by atoms with E-state index in [9.17, 15) is 4.79 Å². The molecule has 0 aromatic heterocycles. The highest BCUT2D eigenvalue weighted by atomic mass is 35.5. The first-order valence-electron chi connectivity index (χ1n) is 6.19. The lowest BCUT2D eigenvalue weighted by Gasteiger charge is -2.11. The Morgan fingerprint density at radius 2 is 2.06 bits per heavy atom. The fourth-order valence-corrected chi connectivity index (χ4v) is 1.28. The molecule has 3 N–H and O–H groups in total. The Bertz CT molecular complexity index is 189. The van der Waals surface area contributed by atoms with Crippen molar-refractivity contribution in [2.45, 2.75) is 46.1 Å². The number of amides is 1. The van der Waals surface area contributed by atoms with Crippen LogP contribution in [0, 0.1) is 5.92 Å². The van der Waals surface area contributed by atoms with Crippen LogP contribution < -0.4 is 11.1 Å². The summed E-state index contributed by atoms with van der Waals surface area (Å²) in [6.45, 7) is 8.38. The van der Waals surface area contributed by atoms with Crippen molar-refractivity contribution in [2.24, 2.45) is 11.7 Å². The van der Waals surface area contributed by atoms with Crippen LogP contribution in [0.1, 0.15) is 40.0 Å². The van der Waals surface area contributed by atoms with Gasteiger partial charge >= 0.3 is 0 Å². The molecular formula is C12H27ClN2O2. The Morgan fingerprint density at radius 3 is 2.59 bits per heavy atom. The molecule has 0 aromatic carbocycles. The van der Waals surface area contributed by atoms with Crippen molar-refractivity contribution < 1.29 is 9.53 Å². The van der Waals surface area contributed by atoms with Crippen molar-refractivity contribution in [2.75, 3.05) is 19.8 Å². The average Bonchev–Trinajstić information content (AvgIpc) is 2.22. The molecule has 0 spiro atoms. The van der Waals surface area contributed by atoms with Crippen LogP contribution in [-0.4, -0.2) is 31.7 Å². The Hall–Kier alpha value is -0.320. The molecule has 1 amide bonds. The van der Waals surface area contributed by atoms with Crippen molar-refractivity contribution in [1.82, 2.24) is 5.32 Å². The third-order valence-electron chi connectivity index (χ3n) is 2.15. The van der Waals surface area contributed by atoms with Crippen molar-refractivity contribution in [1.29, 1.82) is 0 Å². The maximum absolute atomic E-state index is 11.4. The van der Waals surface area contributed by atoms with Crippen LogP contribution in [0.2, 0.25) is 0 Å². The van der Waals surface area contributed by atoms with E-state index in [1.54, 1.807) is 0 Å². The van der Waals surface area contributed by atoms with E-state index in [2.05, 4.69) is 19.2 Å². The highest BCUT2D eigenvalue weighted by Crippen LogP contribution is 1.94. The molecule has 104 valence electrons. The average molecular weight is 267 g/mol. The van der Waals surface area contributed by atoms with Crippen LogP contribution >= 0.6 is 12.4 Å². The second-order valence-corrected chi connectivity index (χ2v) is 4.51. The zero-order chi connectivity index (χ0) is 12.4. The van der Waals surface area contributed by atoms with E-state index >= 15 is 0 Å². The molecular weight excluding hydrogens is 240 g/mol. The predicted octanol–water partition coefficient (Wildman–Crippen LogP) is 1.71. The van der Waals surface area contributed by atoms with Gasteiger partial charge in [0.15, 0.2) is 0 Å². The van der Waals surface area contributed by atoms with E-state index in [0.29, 0.717) is 19.1 Å². The minimum atomic E-state index is -0.360. The zero-order valence-corrected chi connectivity index (χ0v) is 12.0. The summed E-state index contributed by atoms with van der Waals surface area (Å²) in [7, 11) is 0. The minimum Gasteiger partial charge on any atom is -0.381 e. The van der Waals surface area contributed by atoms with Crippen LogP contribution in [0.5, 0.6) is 0 Å². The van der Waals surface area contributed by atoms with Gasteiger partial charge in [-0.25, -0.2) is 0 Å². The van der Waals surface area contributed by atoms with E-state index in [4.69, 9.17) is 10.5 Å². The molecule has 0 radical (unpaired) electrons. The zero-order valence-electron chi connectivity index (χ0n) is 11.2. The molecule has 0 saturated heterocycles. The van der Waals surface area contributed by atoms with E-state index in [0.717, 1.165) is 25.9 Å². The third-order valence-corrected chi connectivity index (χ3v) is 2.15. The van der Waals surface area contributed by atoms with Crippen molar-refractivity contribution in [3.8, 4) is 0 Å². The second-order valence-electron chi connectivity index (χ2n) is 4.51. The second kappa shape index (κ2) is 12.1. The number of halogens is 1. The quantitative estimate of drug-likeness (QED) is 0.625. The van der Waals surface area contributed by atoms with Gasteiger partial charge in [-0.2, -0.15) is 0 Å². The summed E-state index contributed by atoms with van der Waals surface area (Å²) in [5.41, 5.74) is 5.67. The smallest absolute Gasteiger partial charge is 0.236 e. The first-order chi connectivity index (χ1) is 7.57. The topological polar surface area (TPSA) is 64.4 Å². The normalized spacial score (nSPS) is 12.1. The maximum Gasteiger partial charge on any atom is 0.236 e. The number of rotatable bonds is 9. The molecule has 0 heterocycles. The van der Waals surface area contributed by atoms with Gasteiger partial charge < -0.3 is 15.8 Å². The lowest BCUT2D eigenvalue weighted by Crippen LogP contribution is -2.40. The van der Waals surface area contributed by atoms with Crippen molar-refractivity contribution in [3.05, 3.63) is 0 Å². The van der Waals surface area contributed by atoms with E-state index < -0.39 is 0 Å². The monoisotopic (exact) mass is 266 g/mol. The Labute approximate surface area is 111 Å². The summed E-state index contributed by atoms with van der Waals surface area (Å²) in [4.78, 5) is 11.4. The molecule has 1 unspecified atom stereocenters. The summed E-state index contributed by atoms with van der Waals surface area (Å²) < 4.78 is 5.40. The molecule has 0 rings (SSSR count). The van der Waals surface area contributed by atoms with Crippen LogP contribution in [0.3, 0.4) is 0 Å². The molecule has 17 heavy (non-hydrogen) atoms. The first-order valence-corrected chi connectivity index (χ1v) is 6.19. The molecule has 0 bridgehead atoms. The first kappa shape index (κ1) is 19.0. The lowest BCUT2D eigenvalue weighted by atomic mass is 10.2. The number of ether oxygens (including phenoxy) is 1. The molecule has 4 nitrogen and oxygen atoms in total. The maximum atomic E-state index is 11.4. The van der Waals surface area contributed by atoms with E-state index in [1.807, 2.05) is 6.92 Å². The lowest BCUT2D eigenvalue weighted by molar-refractivity contribution is -0.122. The Balaban J connectivity index is 0. The third kappa shape index (κ3) is 11.9. The van der Waals surface area contributed by atoms with Crippen LogP contribution in [0.15, 0.2) is 0 Å². The fourth-order valence-electron chi connectivity index (χ4n) is 1.28. The minimum absolute atomic E-state index is 0. The van der Waals surface area contributed by atoms with Crippen molar-refractivity contribution in [3.63, 3.8) is 0 Å². The highest BCUT2D eigenvalue weighted by Gasteiger charge is 2.10. The molecule has 0 aromatic rings. The molecule has 0 aliphatic carbocycles. The number of nitrogens with one attached hydrogen (secondary N) is 1. The molecule has 0 saturated carbocycles. The van der Waals surface area contributed by atoms with Gasteiger partial charge in [0.05, 0.1) is 6.04 Å². The number of carbonyl (C=O) groups excluding carboxylic acids is 1. The Kier molecular flexibility index (Phi) is 13.6. The van der Waals surface area contributed by atoms with Gasteiger partial charge in [0.2, 0.25) is 5.91 Å². The summed E-state index contributed by atoms with van der Waals surface area (Å²) >= 11 is 0. The van der Waals surface area contributed by atoms with Crippen LogP contribution in [0.4, 0.5) is 0 Å². The van der Waals surface area contributed by atoms with Crippen LogP contribution in [0.25, 0.3) is 0 Å². The highest BCUT2D eigenvalue weighted by molar-refractivity contribution is 5.85. The molecule has 0 aliphatic heterocycles. The number of hydrogen-bond donors (Lipinski definition) is 2. The van der Waals surface area contributed by atoms with Gasteiger partial charge in [-0.15, -0.1) is 12.4 Å². The number of carbonyl (C=O) groups is 1. The van der Waals surface area contributed by atoms with Gasteiger partial charge in [0.1, 0.15) is 0 Å². The largest absolute Gasteiger partial charge is 0.381 e. The number of hydrogen-bond acceptors (Lipinski definition) is 3. The molecule has 5 heteroatoms. The van der Waals surface area contributed by atoms with E-state index in [1.165, 1.54) is 0 Å². The standard InChI is InChI=1S/C12H26N2O2.ClH/c1-4-6-11(13)12(15)14-7-5-8-16-9-10(2)3;/h10-11H,4-9,13H2,1-3H3,(H,14,15);1H. The van der Waals surface area contributed by atoms with Gasteiger partial charge in [-0.3, -0.25) is 4.79 Å². The number of nitrogens with two attached hydrogens (primary N) is 1. The summed E-state index contributed by atoms with van der Waals surface area (Å²) in [6.07, 6.45) is 2.53. The SMILES string of the molecule is CCCC(N)C(=O)NCCCOCC(C)C.Cl. The predicted molar refractivity (Wildman–Crippen MR) is 73.4 cm³/mol. The summed E-state index contributed by atoms with van der Waals surface area (Å²) in [6, 6.07) is -0.360. The van der Waals surface area contributed by atoms with Gasteiger partial charge in [-0.05, 0) is 18.8 Å². The van der Waals surface area contributed by atoms with E-state index in [-0.39, 0.29) is 24.4 Å².